The first kappa shape index (κ1) is 17.5. The fraction of sp³-hybridized carbons (Fsp3) is 0. The fourth-order valence-electron chi connectivity index (χ4n) is 1.71. The van der Waals surface area contributed by atoms with E-state index in [1.165, 1.54) is 30.3 Å². The summed E-state index contributed by atoms with van der Waals surface area (Å²) >= 11 is 15.0. The first-order valence-electron chi connectivity index (χ1n) is 6.24. The summed E-state index contributed by atoms with van der Waals surface area (Å²) in [6.07, 6.45) is 1.16. The van der Waals surface area contributed by atoms with Crippen molar-refractivity contribution in [3.63, 3.8) is 0 Å². The zero-order valence-electron chi connectivity index (χ0n) is 11.4. The number of carbonyl (C=O) groups excluding carboxylic acids is 1. The number of nitrogens with one attached hydrogen (secondary N) is 1. The Hall–Kier alpha value is -1.87. The summed E-state index contributed by atoms with van der Waals surface area (Å²) in [4.78, 5) is 12.2. The molecule has 2 rings (SSSR count). The molecule has 2 aromatic carbocycles. The molecule has 23 heavy (non-hydrogen) atoms. The minimum absolute atomic E-state index is 0.114. The van der Waals surface area contributed by atoms with Crippen molar-refractivity contribution in [1.82, 2.24) is 0 Å². The van der Waals surface area contributed by atoms with Gasteiger partial charge in [0.1, 0.15) is 17.5 Å². The molecular weight excluding hydrogens is 406 g/mol. The molecule has 0 aromatic heterocycles. The van der Waals surface area contributed by atoms with E-state index in [0.717, 1.165) is 6.08 Å². The van der Waals surface area contributed by atoms with Gasteiger partial charge in [-0.05, 0) is 42.5 Å². The average Bonchev–Trinajstić information content (AvgIpc) is 2.51. The molecule has 0 fully saturated rings. The van der Waals surface area contributed by atoms with Crippen LogP contribution in [-0.2, 0) is 4.79 Å². The highest BCUT2D eigenvalue weighted by Crippen LogP contribution is 2.26. The smallest absolute Gasteiger partial charge is 0.266 e. The molecule has 0 atom stereocenters. The van der Waals surface area contributed by atoms with Crippen LogP contribution in [0.1, 0.15) is 5.56 Å². The quantitative estimate of drug-likeness (QED) is 0.537. The van der Waals surface area contributed by atoms with E-state index in [1.807, 2.05) is 0 Å². The topological polar surface area (TPSA) is 52.9 Å². The molecule has 0 unspecified atom stereocenters. The van der Waals surface area contributed by atoms with Gasteiger partial charge in [0.2, 0.25) is 0 Å². The molecule has 3 nitrogen and oxygen atoms in total. The summed E-state index contributed by atoms with van der Waals surface area (Å²) in [6, 6.07) is 10.5. The molecule has 0 bridgehead atoms. The molecular formula is C16H8BrCl2FN2O. The van der Waals surface area contributed by atoms with Crippen LogP contribution in [0, 0.1) is 17.1 Å². The minimum atomic E-state index is -0.712. The Labute approximate surface area is 150 Å². The lowest BCUT2D eigenvalue weighted by Crippen LogP contribution is -2.13. The predicted molar refractivity (Wildman–Crippen MR) is 92.8 cm³/mol. The van der Waals surface area contributed by atoms with Crippen molar-refractivity contribution in [1.29, 1.82) is 5.26 Å². The monoisotopic (exact) mass is 412 g/mol. The molecule has 2 aromatic rings. The molecule has 7 heteroatoms. The van der Waals surface area contributed by atoms with Gasteiger partial charge in [-0.15, -0.1) is 0 Å². The molecule has 0 saturated heterocycles. The molecule has 0 aliphatic rings. The Bertz CT molecular complexity index is 846. The van der Waals surface area contributed by atoms with Crippen LogP contribution >= 0.6 is 39.1 Å². The summed E-state index contributed by atoms with van der Waals surface area (Å²) in [7, 11) is 0. The van der Waals surface area contributed by atoms with Crippen molar-refractivity contribution in [2.24, 2.45) is 0 Å². The molecule has 116 valence electrons. The lowest BCUT2D eigenvalue weighted by Gasteiger charge is -2.07. The van der Waals surface area contributed by atoms with Gasteiger partial charge in [-0.25, -0.2) is 4.39 Å². The predicted octanol–water partition coefficient (Wildman–Crippen LogP) is 5.44. The van der Waals surface area contributed by atoms with Gasteiger partial charge in [0.25, 0.3) is 5.91 Å². The van der Waals surface area contributed by atoms with Gasteiger partial charge in [0, 0.05) is 15.1 Å². The average molecular weight is 414 g/mol. The van der Waals surface area contributed by atoms with Crippen molar-refractivity contribution in [2.75, 3.05) is 5.32 Å². The van der Waals surface area contributed by atoms with Crippen molar-refractivity contribution < 1.29 is 9.18 Å². The molecule has 0 spiro atoms. The van der Waals surface area contributed by atoms with Crippen LogP contribution in [-0.4, -0.2) is 5.91 Å². The van der Waals surface area contributed by atoms with Crippen molar-refractivity contribution in [3.8, 4) is 6.07 Å². The number of hydrogen-bond acceptors (Lipinski definition) is 2. The summed E-state index contributed by atoms with van der Waals surface area (Å²) in [5.74, 6) is -1.26. The van der Waals surface area contributed by atoms with Crippen LogP contribution in [0.25, 0.3) is 6.08 Å². The Morgan fingerprint density at radius 2 is 2.00 bits per heavy atom. The second-order valence-corrected chi connectivity index (χ2v) is 6.17. The van der Waals surface area contributed by atoms with Gasteiger partial charge in [0.05, 0.1) is 10.7 Å². The first-order chi connectivity index (χ1) is 10.9. The van der Waals surface area contributed by atoms with Crippen LogP contribution in [0.4, 0.5) is 10.1 Å². The number of nitriles is 1. The summed E-state index contributed by atoms with van der Waals surface area (Å²) in [5, 5.41) is 12.3. The Morgan fingerprint density at radius 3 is 2.70 bits per heavy atom. The fourth-order valence-corrected chi connectivity index (χ4v) is 2.43. The van der Waals surface area contributed by atoms with Crippen LogP contribution in [0.2, 0.25) is 10.0 Å². The van der Waals surface area contributed by atoms with Gasteiger partial charge in [-0.3, -0.25) is 4.79 Å². The Balaban J connectivity index is 2.32. The lowest BCUT2D eigenvalue weighted by molar-refractivity contribution is -0.112. The maximum Gasteiger partial charge on any atom is 0.266 e. The number of rotatable bonds is 3. The van der Waals surface area contributed by atoms with E-state index in [-0.39, 0.29) is 21.8 Å². The van der Waals surface area contributed by atoms with Crippen molar-refractivity contribution in [2.45, 2.75) is 0 Å². The molecule has 1 N–H and O–H groups in total. The summed E-state index contributed by atoms with van der Waals surface area (Å²) in [6.45, 7) is 0. The number of benzene rings is 2. The third-order valence-corrected chi connectivity index (χ3v) is 3.86. The van der Waals surface area contributed by atoms with E-state index in [4.69, 9.17) is 28.5 Å². The normalized spacial score (nSPS) is 11.0. The molecule has 0 aliphatic heterocycles. The van der Waals surface area contributed by atoms with E-state index >= 15 is 0 Å². The highest BCUT2D eigenvalue weighted by Gasteiger charge is 2.13. The number of nitrogens with zero attached hydrogens (tertiary/aromatic N) is 1. The van der Waals surface area contributed by atoms with Gasteiger partial charge < -0.3 is 5.32 Å². The van der Waals surface area contributed by atoms with Crippen LogP contribution in [0.5, 0.6) is 0 Å². The molecule has 1 amide bonds. The van der Waals surface area contributed by atoms with Crippen LogP contribution in [0.3, 0.4) is 0 Å². The SMILES string of the molecule is N#C/C(=C\c1cc(Br)ccc1F)C(=O)Nc1cc(Cl)ccc1Cl. The number of halogens is 4. The Kier molecular flexibility index (Phi) is 5.78. The molecule has 0 heterocycles. The van der Waals surface area contributed by atoms with E-state index in [2.05, 4.69) is 21.2 Å². The zero-order chi connectivity index (χ0) is 17.0. The number of hydrogen-bond donors (Lipinski definition) is 1. The maximum absolute atomic E-state index is 13.7. The van der Waals surface area contributed by atoms with E-state index < -0.39 is 11.7 Å². The highest BCUT2D eigenvalue weighted by molar-refractivity contribution is 9.10. The summed E-state index contributed by atoms with van der Waals surface area (Å²) in [5.41, 5.74) is 0.112. The molecule has 0 radical (unpaired) electrons. The largest absolute Gasteiger partial charge is 0.320 e. The maximum atomic E-state index is 13.7. The number of carbonyl (C=O) groups is 1. The van der Waals surface area contributed by atoms with Crippen molar-refractivity contribution >= 4 is 56.8 Å². The van der Waals surface area contributed by atoms with Gasteiger partial charge in [0.15, 0.2) is 0 Å². The third kappa shape index (κ3) is 4.55. The van der Waals surface area contributed by atoms with Crippen LogP contribution in [0.15, 0.2) is 46.4 Å². The van der Waals surface area contributed by atoms with E-state index in [9.17, 15) is 9.18 Å². The Morgan fingerprint density at radius 1 is 1.26 bits per heavy atom. The molecule has 0 aliphatic carbocycles. The van der Waals surface area contributed by atoms with E-state index in [1.54, 1.807) is 12.1 Å². The van der Waals surface area contributed by atoms with Crippen molar-refractivity contribution in [3.05, 3.63) is 67.9 Å². The first-order valence-corrected chi connectivity index (χ1v) is 7.79. The van der Waals surface area contributed by atoms with E-state index in [0.29, 0.717) is 9.50 Å². The standard InChI is InChI=1S/C16H8BrCl2FN2O/c17-11-1-4-14(20)9(6-11)5-10(8-21)16(23)22-15-7-12(18)2-3-13(15)19/h1-7H,(H,22,23)/b10-5+. The third-order valence-electron chi connectivity index (χ3n) is 2.80. The van der Waals surface area contributed by atoms with Gasteiger partial charge in [-0.2, -0.15) is 5.26 Å². The lowest BCUT2D eigenvalue weighted by atomic mass is 10.1. The second kappa shape index (κ2) is 7.60. The minimum Gasteiger partial charge on any atom is -0.320 e. The van der Waals surface area contributed by atoms with Gasteiger partial charge in [-0.1, -0.05) is 39.1 Å². The van der Waals surface area contributed by atoms with Crippen LogP contribution < -0.4 is 5.32 Å². The number of anilines is 1. The van der Waals surface area contributed by atoms with Gasteiger partial charge >= 0.3 is 0 Å². The summed E-state index contributed by atoms with van der Waals surface area (Å²) < 4.78 is 14.4. The number of amides is 1. The zero-order valence-corrected chi connectivity index (χ0v) is 14.5. The molecule has 0 saturated carbocycles. The highest BCUT2D eigenvalue weighted by atomic mass is 79.9. The second-order valence-electron chi connectivity index (χ2n) is 4.41.